The number of thiazole rings is 1. The van der Waals surface area contributed by atoms with Gasteiger partial charge >= 0.3 is 0 Å². The van der Waals surface area contributed by atoms with Gasteiger partial charge in [-0.25, -0.2) is 4.98 Å². The Kier molecular flexibility index (Phi) is 5.57. The summed E-state index contributed by atoms with van der Waals surface area (Å²) < 4.78 is 0. The third-order valence-corrected chi connectivity index (χ3v) is 5.05. The van der Waals surface area contributed by atoms with Gasteiger partial charge in [0.1, 0.15) is 0 Å². The number of hydrogen-bond donors (Lipinski definition) is 1. The molecule has 0 spiro atoms. The normalized spacial score (nSPS) is 11.2. The summed E-state index contributed by atoms with van der Waals surface area (Å²) in [5.41, 5.74) is 2.50. The van der Waals surface area contributed by atoms with Crippen LogP contribution in [0.5, 0.6) is 0 Å². The SMILES string of the molecule is Cc1nc(N(C)Cc2ccsc2)sc1CNCC(C)C. The van der Waals surface area contributed by atoms with E-state index in [9.17, 15) is 0 Å². The second kappa shape index (κ2) is 7.20. The fourth-order valence-corrected chi connectivity index (χ4v) is 3.59. The lowest BCUT2D eigenvalue weighted by Crippen LogP contribution is -2.18. The number of nitrogens with one attached hydrogen (secondary N) is 1. The summed E-state index contributed by atoms with van der Waals surface area (Å²) in [4.78, 5) is 8.27. The van der Waals surface area contributed by atoms with Crippen LogP contribution in [0.4, 0.5) is 5.13 Å². The molecule has 3 nitrogen and oxygen atoms in total. The molecule has 0 atom stereocenters. The van der Waals surface area contributed by atoms with Crippen molar-refractivity contribution in [3.8, 4) is 0 Å². The Bertz CT molecular complexity index is 517. The zero-order chi connectivity index (χ0) is 14.5. The minimum Gasteiger partial charge on any atom is -0.347 e. The molecule has 2 aromatic heterocycles. The number of aromatic nitrogens is 1. The molecule has 0 amide bonds. The molecule has 2 heterocycles. The first-order valence-corrected chi connectivity index (χ1v) is 8.71. The standard InChI is InChI=1S/C15H23N3S2/c1-11(2)7-16-8-14-12(3)17-15(20-14)18(4)9-13-5-6-19-10-13/h5-6,10-11,16H,7-9H2,1-4H3. The molecule has 110 valence electrons. The van der Waals surface area contributed by atoms with Crippen LogP contribution in [-0.2, 0) is 13.1 Å². The Hall–Kier alpha value is -0.910. The molecule has 0 unspecified atom stereocenters. The summed E-state index contributed by atoms with van der Waals surface area (Å²) in [7, 11) is 2.11. The number of thiophene rings is 1. The van der Waals surface area contributed by atoms with E-state index in [1.54, 1.807) is 22.7 Å². The van der Waals surface area contributed by atoms with Crippen LogP contribution in [-0.4, -0.2) is 18.6 Å². The molecule has 0 bridgehead atoms. The molecule has 0 radical (unpaired) electrons. The van der Waals surface area contributed by atoms with E-state index in [-0.39, 0.29) is 0 Å². The molecule has 0 aliphatic rings. The highest BCUT2D eigenvalue weighted by Crippen LogP contribution is 2.26. The van der Waals surface area contributed by atoms with Gasteiger partial charge in [0.25, 0.3) is 0 Å². The molecule has 2 rings (SSSR count). The fraction of sp³-hybridized carbons (Fsp3) is 0.533. The van der Waals surface area contributed by atoms with E-state index in [0.717, 1.165) is 30.5 Å². The highest BCUT2D eigenvalue weighted by Gasteiger charge is 2.11. The first-order chi connectivity index (χ1) is 9.56. The van der Waals surface area contributed by atoms with Crippen molar-refractivity contribution in [2.24, 2.45) is 5.92 Å². The summed E-state index contributed by atoms with van der Waals surface area (Å²) in [5, 5.41) is 8.92. The third-order valence-electron chi connectivity index (χ3n) is 3.05. The van der Waals surface area contributed by atoms with Gasteiger partial charge in [0.2, 0.25) is 0 Å². The van der Waals surface area contributed by atoms with Crippen molar-refractivity contribution in [2.45, 2.75) is 33.9 Å². The molecule has 0 aliphatic carbocycles. The largest absolute Gasteiger partial charge is 0.347 e. The van der Waals surface area contributed by atoms with Crippen LogP contribution in [0.2, 0.25) is 0 Å². The molecular weight excluding hydrogens is 286 g/mol. The Morgan fingerprint density at radius 1 is 1.40 bits per heavy atom. The van der Waals surface area contributed by atoms with E-state index in [2.05, 4.69) is 54.9 Å². The van der Waals surface area contributed by atoms with Crippen LogP contribution < -0.4 is 10.2 Å². The van der Waals surface area contributed by atoms with Crippen molar-refractivity contribution in [1.29, 1.82) is 0 Å². The summed E-state index contributed by atoms with van der Waals surface area (Å²) in [6.07, 6.45) is 0. The van der Waals surface area contributed by atoms with E-state index < -0.39 is 0 Å². The second-order valence-corrected chi connectivity index (χ2v) is 7.36. The van der Waals surface area contributed by atoms with Crippen molar-refractivity contribution in [2.75, 3.05) is 18.5 Å². The van der Waals surface area contributed by atoms with Gasteiger partial charge in [-0.2, -0.15) is 11.3 Å². The number of nitrogens with zero attached hydrogens (tertiary/aromatic N) is 2. The zero-order valence-corrected chi connectivity index (χ0v) is 14.3. The van der Waals surface area contributed by atoms with Crippen LogP contribution in [0.3, 0.4) is 0 Å². The predicted molar refractivity (Wildman–Crippen MR) is 89.8 cm³/mol. The second-order valence-electron chi connectivity index (χ2n) is 5.52. The number of anilines is 1. The number of hydrogen-bond acceptors (Lipinski definition) is 5. The molecule has 1 N–H and O–H groups in total. The van der Waals surface area contributed by atoms with Crippen LogP contribution in [0, 0.1) is 12.8 Å². The quantitative estimate of drug-likeness (QED) is 0.841. The van der Waals surface area contributed by atoms with Crippen molar-refractivity contribution >= 4 is 27.8 Å². The monoisotopic (exact) mass is 309 g/mol. The van der Waals surface area contributed by atoms with Gasteiger partial charge in [-0.15, -0.1) is 11.3 Å². The Morgan fingerprint density at radius 2 is 2.20 bits per heavy atom. The Morgan fingerprint density at radius 3 is 2.85 bits per heavy atom. The van der Waals surface area contributed by atoms with E-state index >= 15 is 0 Å². The topological polar surface area (TPSA) is 28.2 Å². The van der Waals surface area contributed by atoms with E-state index in [1.807, 2.05) is 0 Å². The fourth-order valence-electron chi connectivity index (χ4n) is 1.94. The summed E-state index contributed by atoms with van der Waals surface area (Å²) in [6, 6.07) is 2.17. The van der Waals surface area contributed by atoms with Crippen molar-refractivity contribution < 1.29 is 0 Å². The van der Waals surface area contributed by atoms with Gasteiger partial charge in [-0.1, -0.05) is 13.8 Å². The number of rotatable bonds is 7. The summed E-state index contributed by atoms with van der Waals surface area (Å²) >= 11 is 3.54. The maximum atomic E-state index is 4.70. The number of aryl methyl sites for hydroxylation is 1. The summed E-state index contributed by atoms with van der Waals surface area (Å²) in [5.74, 6) is 0.684. The third kappa shape index (κ3) is 4.30. The van der Waals surface area contributed by atoms with Crippen LogP contribution in [0.25, 0.3) is 0 Å². The van der Waals surface area contributed by atoms with Gasteiger partial charge in [0.05, 0.1) is 5.69 Å². The average molecular weight is 310 g/mol. The van der Waals surface area contributed by atoms with Crippen molar-refractivity contribution in [1.82, 2.24) is 10.3 Å². The molecule has 0 saturated heterocycles. The van der Waals surface area contributed by atoms with Gasteiger partial charge in [-0.05, 0) is 41.8 Å². The van der Waals surface area contributed by atoms with E-state index in [1.165, 1.54) is 10.4 Å². The lowest BCUT2D eigenvalue weighted by molar-refractivity contribution is 0.554. The Labute approximate surface area is 129 Å². The van der Waals surface area contributed by atoms with Crippen molar-refractivity contribution in [3.63, 3.8) is 0 Å². The van der Waals surface area contributed by atoms with Crippen molar-refractivity contribution in [3.05, 3.63) is 33.0 Å². The van der Waals surface area contributed by atoms with Crippen LogP contribution in [0.15, 0.2) is 16.8 Å². The predicted octanol–water partition coefficient (Wildman–Crippen LogP) is 3.90. The molecule has 0 aromatic carbocycles. The molecule has 0 fully saturated rings. The molecule has 2 aromatic rings. The molecule has 20 heavy (non-hydrogen) atoms. The first-order valence-electron chi connectivity index (χ1n) is 6.95. The van der Waals surface area contributed by atoms with Gasteiger partial charge in [-0.3, -0.25) is 0 Å². The zero-order valence-electron chi connectivity index (χ0n) is 12.6. The van der Waals surface area contributed by atoms with Crippen LogP contribution in [0.1, 0.15) is 30.0 Å². The maximum Gasteiger partial charge on any atom is 0.185 e. The van der Waals surface area contributed by atoms with Gasteiger partial charge in [0.15, 0.2) is 5.13 Å². The molecule has 0 saturated carbocycles. The molecule has 0 aliphatic heterocycles. The maximum absolute atomic E-state index is 4.70. The highest BCUT2D eigenvalue weighted by atomic mass is 32.1. The van der Waals surface area contributed by atoms with Gasteiger partial charge in [0, 0.05) is 25.0 Å². The Balaban J connectivity index is 1.95. The minimum absolute atomic E-state index is 0.684. The smallest absolute Gasteiger partial charge is 0.185 e. The van der Waals surface area contributed by atoms with E-state index in [0.29, 0.717) is 5.92 Å². The van der Waals surface area contributed by atoms with E-state index in [4.69, 9.17) is 4.98 Å². The van der Waals surface area contributed by atoms with Crippen LogP contribution >= 0.6 is 22.7 Å². The first kappa shape index (κ1) is 15.5. The summed E-state index contributed by atoms with van der Waals surface area (Å²) in [6.45, 7) is 9.46. The highest BCUT2D eigenvalue weighted by molar-refractivity contribution is 7.15. The molecular formula is C15H23N3S2. The minimum atomic E-state index is 0.684. The molecule has 5 heteroatoms. The van der Waals surface area contributed by atoms with Gasteiger partial charge < -0.3 is 10.2 Å². The average Bonchev–Trinajstić information content (AvgIpc) is 2.99. The lowest BCUT2D eigenvalue weighted by Gasteiger charge is -2.14. The lowest BCUT2D eigenvalue weighted by atomic mass is 10.2.